The van der Waals surface area contributed by atoms with Crippen LogP contribution in [0.2, 0.25) is 5.15 Å². The first-order valence-corrected chi connectivity index (χ1v) is 7.50. The number of nitrogen functional groups attached to an aromatic ring is 1. The lowest BCUT2D eigenvalue weighted by molar-refractivity contribution is -0.113. The Morgan fingerprint density at radius 2 is 2.42 bits per heavy atom. The van der Waals surface area contributed by atoms with Crippen LogP contribution in [0, 0.1) is 6.92 Å². The van der Waals surface area contributed by atoms with Crippen molar-refractivity contribution in [2.45, 2.75) is 11.1 Å². The summed E-state index contributed by atoms with van der Waals surface area (Å²) in [6.07, 6.45) is 1.57. The number of nitrogens with zero attached hydrogens (tertiary/aromatic N) is 2. The fourth-order valence-electron chi connectivity index (χ4n) is 1.33. The highest BCUT2D eigenvalue weighted by atomic mass is 35.5. The van der Waals surface area contributed by atoms with E-state index < -0.39 is 0 Å². The first kappa shape index (κ1) is 14.1. The Kier molecular flexibility index (Phi) is 4.62. The Balaban J connectivity index is 1.92. The number of aromatic nitrogens is 2. The molecule has 2 aromatic heterocycles. The number of hydrogen-bond acceptors (Lipinski definition) is 6. The average Bonchev–Trinajstić information content (AvgIpc) is 2.68. The van der Waals surface area contributed by atoms with Crippen molar-refractivity contribution in [1.29, 1.82) is 0 Å². The van der Waals surface area contributed by atoms with E-state index in [2.05, 4.69) is 15.3 Å². The minimum absolute atomic E-state index is 0.147. The molecule has 2 rings (SSSR count). The number of pyridine rings is 1. The number of amides is 1. The van der Waals surface area contributed by atoms with Gasteiger partial charge in [-0.1, -0.05) is 22.9 Å². The van der Waals surface area contributed by atoms with Crippen LogP contribution >= 0.6 is 34.7 Å². The minimum Gasteiger partial charge on any atom is -0.375 e. The van der Waals surface area contributed by atoms with Gasteiger partial charge in [-0.25, -0.2) is 9.97 Å². The Labute approximate surface area is 123 Å². The third-order valence-electron chi connectivity index (χ3n) is 2.14. The minimum atomic E-state index is -0.147. The average molecular weight is 315 g/mol. The van der Waals surface area contributed by atoms with Gasteiger partial charge in [0.15, 0.2) is 10.3 Å². The highest BCUT2D eigenvalue weighted by Crippen LogP contribution is 2.30. The molecular weight excluding hydrogens is 304 g/mol. The number of anilines is 2. The van der Waals surface area contributed by atoms with E-state index in [4.69, 9.17) is 17.3 Å². The van der Waals surface area contributed by atoms with Crippen molar-refractivity contribution >= 4 is 51.4 Å². The van der Waals surface area contributed by atoms with Gasteiger partial charge in [-0.15, -0.1) is 11.8 Å². The number of nitrogens with one attached hydrogen (secondary N) is 1. The second-order valence-corrected chi connectivity index (χ2v) is 6.24. The van der Waals surface area contributed by atoms with Gasteiger partial charge < -0.3 is 11.1 Å². The lowest BCUT2D eigenvalue weighted by Crippen LogP contribution is -2.14. The smallest absolute Gasteiger partial charge is 0.234 e. The molecule has 0 unspecified atom stereocenters. The molecule has 19 heavy (non-hydrogen) atoms. The zero-order valence-electron chi connectivity index (χ0n) is 10.0. The number of aryl methyl sites for hydroxylation is 1. The number of carbonyl (C=O) groups is 1. The molecule has 0 aliphatic carbocycles. The molecule has 0 aliphatic rings. The molecule has 1 amide bonds. The number of halogens is 1. The van der Waals surface area contributed by atoms with Gasteiger partial charge in [0.25, 0.3) is 0 Å². The standard InChI is InChI=1S/C11H11ClN4OS2/c1-6-10(19-11(13)15-6)18-5-8(17)16-7-3-2-4-14-9(7)12/h2-4H,5H2,1H3,(H2,13,15)(H,16,17). The maximum atomic E-state index is 11.8. The van der Waals surface area contributed by atoms with Crippen molar-refractivity contribution in [3.05, 3.63) is 29.2 Å². The molecule has 2 aromatic rings. The lowest BCUT2D eigenvalue weighted by atomic mass is 10.4. The van der Waals surface area contributed by atoms with Crippen LogP contribution in [0.4, 0.5) is 10.8 Å². The van der Waals surface area contributed by atoms with E-state index >= 15 is 0 Å². The second-order valence-electron chi connectivity index (χ2n) is 3.60. The molecule has 0 fully saturated rings. The van der Waals surface area contributed by atoms with Gasteiger partial charge >= 0.3 is 0 Å². The Morgan fingerprint density at radius 1 is 1.63 bits per heavy atom. The van der Waals surface area contributed by atoms with Gasteiger partial charge in [0, 0.05) is 6.20 Å². The van der Waals surface area contributed by atoms with Crippen LogP contribution in [-0.4, -0.2) is 21.6 Å². The molecule has 2 heterocycles. The van der Waals surface area contributed by atoms with Gasteiger partial charge in [0.2, 0.25) is 5.91 Å². The third-order valence-corrected chi connectivity index (χ3v) is 4.79. The molecule has 0 aliphatic heterocycles. The summed E-state index contributed by atoms with van der Waals surface area (Å²) >= 11 is 8.64. The largest absolute Gasteiger partial charge is 0.375 e. The molecular formula is C11H11ClN4OS2. The van der Waals surface area contributed by atoms with Crippen molar-refractivity contribution < 1.29 is 4.79 Å². The molecule has 0 aromatic carbocycles. The first-order valence-electron chi connectivity index (χ1n) is 5.32. The van der Waals surface area contributed by atoms with E-state index in [1.165, 1.54) is 23.1 Å². The predicted molar refractivity (Wildman–Crippen MR) is 79.9 cm³/mol. The van der Waals surface area contributed by atoms with Crippen molar-refractivity contribution in [3.63, 3.8) is 0 Å². The molecule has 5 nitrogen and oxygen atoms in total. The molecule has 8 heteroatoms. The zero-order valence-corrected chi connectivity index (χ0v) is 12.4. The normalized spacial score (nSPS) is 10.4. The summed E-state index contributed by atoms with van der Waals surface area (Å²) in [7, 11) is 0. The third kappa shape index (κ3) is 3.82. The zero-order chi connectivity index (χ0) is 13.8. The first-order chi connectivity index (χ1) is 9.06. The number of thiazole rings is 1. The van der Waals surface area contributed by atoms with Gasteiger partial charge in [-0.3, -0.25) is 4.79 Å². The summed E-state index contributed by atoms with van der Waals surface area (Å²) in [5, 5.41) is 3.49. The van der Waals surface area contributed by atoms with Crippen molar-refractivity contribution in [2.75, 3.05) is 16.8 Å². The van der Waals surface area contributed by atoms with Crippen LogP contribution in [0.3, 0.4) is 0 Å². The molecule has 0 saturated carbocycles. The van der Waals surface area contributed by atoms with Gasteiger partial charge in [0.05, 0.1) is 21.3 Å². The quantitative estimate of drug-likeness (QED) is 0.670. The SMILES string of the molecule is Cc1nc(N)sc1SCC(=O)Nc1cccnc1Cl. The maximum Gasteiger partial charge on any atom is 0.234 e. The van der Waals surface area contributed by atoms with Crippen LogP contribution in [0.15, 0.2) is 22.5 Å². The summed E-state index contributed by atoms with van der Waals surface area (Å²) < 4.78 is 0.949. The van der Waals surface area contributed by atoms with E-state index in [0.29, 0.717) is 10.8 Å². The van der Waals surface area contributed by atoms with Crippen LogP contribution in [0.1, 0.15) is 5.69 Å². The van der Waals surface area contributed by atoms with Crippen LogP contribution in [0.5, 0.6) is 0 Å². The topological polar surface area (TPSA) is 80.9 Å². The van der Waals surface area contributed by atoms with Crippen molar-refractivity contribution in [1.82, 2.24) is 9.97 Å². The van der Waals surface area contributed by atoms with Crippen LogP contribution in [0.25, 0.3) is 0 Å². The molecule has 0 radical (unpaired) electrons. The Hall–Kier alpha value is -1.31. The van der Waals surface area contributed by atoms with E-state index in [-0.39, 0.29) is 16.8 Å². The Bertz CT molecular complexity index is 602. The second kappa shape index (κ2) is 6.23. The molecule has 0 bridgehead atoms. The van der Waals surface area contributed by atoms with Gasteiger partial charge in [-0.2, -0.15) is 0 Å². The van der Waals surface area contributed by atoms with Gasteiger partial charge in [-0.05, 0) is 19.1 Å². The van der Waals surface area contributed by atoms with E-state index in [0.717, 1.165) is 9.90 Å². The molecule has 100 valence electrons. The van der Waals surface area contributed by atoms with Crippen LogP contribution in [-0.2, 0) is 4.79 Å². The summed E-state index contributed by atoms with van der Waals surface area (Å²) in [6.45, 7) is 1.87. The maximum absolute atomic E-state index is 11.8. The summed E-state index contributed by atoms with van der Waals surface area (Å²) in [5.41, 5.74) is 6.95. The fourth-order valence-corrected chi connectivity index (χ4v) is 3.32. The highest BCUT2D eigenvalue weighted by molar-refractivity contribution is 8.01. The Morgan fingerprint density at radius 3 is 3.05 bits per heavy atom. The van der Waals surface area contributed by atoms with Gasteiger partial charge in [0.1, 0.15) is 0 Å². The monoisotopic (exact) mass is 314 g/mol. The van der Waals surface area contributed by atoms with E-state index in [1.807, 2.05) is 6.92 Å². The summed E-state index contributed by atoms with van der Waals surface area (Å²) in [5.74, 6) is 0.125. The molecule has 0 spiro atoms. The molecule has 0 atom stereocenters. The number of hydrogen-bond donors (Lipinski definition) is 2. The number of thioether (sulfide) groups is 1. The predicted octanol–water partition coefficient (Wildman–Crippen LogP) is 2.81. The molecule has 3 N–H and O–H groups in total. The highest BCUT2D eigenvalue weighted by Gasteiger charge is 2.10. The molecule has 0 saturated heterocycles. The van der Waals surface area contributed by atoms with E-state index in [1.54, 1.807) is 18.3 Å². The fraction of sp³-hybridized carbons (Fsp3) is 0.182. The number of rotatable bonds is 4. The van der Waals surface area contributed by atoms with Crippen LogP contribution < -0.4 is 11.1 Å². The van der Waals surface area contributed by atoms with E-state index in [9.17, 15) is 4.79 Å². The number of carbonyl (C=O) groups excluding carboxylic acids is 1. The lowest BCUT2D eigenvalue weighted by Gasteiger charge is -2.05. The summed E-state index contributed by atoms with van der Waals surface area (Å²) in [6, 6.07) is 3.41. The summed E-state index contributed by atoms with van der Waals surface area (Å²) in [4.78, 5) is 19.8. The van der Waals surface area contributed by atoms with Crippen molar-refractivity contribution in [2.24, 2.45) is 0 Å². The van der Waals surface area contributed by atoms with Crippen molar-refractivity contribution in [3.8, 4) is 0 Å². The number of nitrogens with two attached hydrogens (primary N) is 1.